The minimum absolute atomic E-state index is 0.190. The first kappa shape index (κ1) is 7.50. The molecular formula is C6H10N3S+. The van der Waals surface area contributed by atoms with Crippen LogP contribution in [0.25, 0.3) is 0 Å². The average Bonchev–Trinajstić information content (AvgIpc) is 2.32. The average molecular weight is 156 g/mol. The van der Waals surface area contributed by atoms with Crippen LogP contribution in [0.1, 0.15) is 12.8 Å². The molecule has 0 aromatic rings. The summed E-state index contributed by atoms with van der Waals surface area (Å²) in [6.07, 6.45) is 4.36. The normalized spacial score (nSPS) is 32.2. The van der Waals surface area contributed by atoms with E-state index in [1.54, 1.807) is 0 Å². The maximum atomic E-state index is 7.09. The van der Waals surface area contributed by atoms with Gasteiger partial charge in [0.25, 0.3) is 0 Å². The summed E-state index contributed by atoms with van der Waals surface area (Å²) in [5, 5.41) is 14.2. The van der Waals surface area contributed by atoms with Gasteiger partial charge in [-0.15, -0.1) is 0 Å². The molecule has 0 aromatic carbocycles. The Labute approximate surface area is 65.3 Å². The molecule has 0 bridgehead atoms. The first-order valence-corrected chi connectivity index (χ1v) is 3.60. The summed E-state index contributed by atoms with van der Waals surface area (Å²) in [5.41, 5.74) is 0. The van der Waals surface area contributed by atoms with Gasteiger partial charge in [-0.3, -0.25) is 10.8 Å². The molecule has 1 rings (SSSR count). The van der Waals surface area contributed by atoms with Crippen LogP contribution in [0.5, 0.6) is 0 Å². The SMILES string of the molecule is N=C[N+]1(C=N)CCCC1=S. The van der Waals surface area contributed by atoms with Crippen molar-refractivity contribution in [1.82, 2.24) is 0 Å². The van der Waals surface area contributed by atoms with E-state index in [0.717, 1.165) is 24.4 Å². The third-order valence-corrected chi connectivity index (χ3v) is 2.39. The van der Waals surface area contributed by atoms with E-state index in [4.69, 9.17) is 23.0 Å². The Morgan fingerprint density at radius 3 is 2.20 bits per heavy atom. The molecule has 1 heterocycles. The zero-order valence-corrected chi connectivity index (χ0v) is 6.45. The van der Waals surface area contributed by atoms with E-state index in [9.17, 15) is 0 Å². The van der Waals surface area contributed by atoms with Gasteiger partial charge in [-0.05, 0) is 12.2 Å². The van der Waals surface area contributed by atoms with Crippen LogP contribution in [0.4, 0.5) is 0 Å². The third-order valence-electron chi connectivity index (χ3n) is 1.84. The summed E-state index contributed by atoms with van der Waals surface area (Å²) < 4.78 is 0.190. The molecule has 0 spiro atoms. The van der Waals surface area contributed by atoms with Gasteiger partial charge in [0.1, 0.15) is 0 Å². The van der Waals surface area contributed by atoms with Gasteiger partial charge in [0, 0.05) is 12.8 Å². The minimum atomic E-state index is 0.190. The zero-order chi connectivity index (χ0) is 7.61. The lowest BCUT2D eigenvalue weighted by molar-refractivity contribution is -0.618. The molecule has 0 aliphatic carbocycles. The highest BCUT2D eigenvalue weighted by Gasteiger charge is 2.34. The molecule has 2 N–H and O–H groups in total. The van der Waals surface area contributed by atoms with Crippen LogP contribution in [0.3, 0.4) is 0 Å². The maximum absolute atomic E-state index is 7.09. The predicted octanol–water partition coefficient (Wildman–Crippen LogP) is 1.14. The fourth-order valence-electron chi connectivity index (χ4n) is 1.14. The fraction of sp³-hybridized carbons (Fsp3) is 0.500. The lowest BCUT2D eigenvalue weighted by Crippen LogP contribution is -2.44. The number of nitrogens with one attached hydrogen (secondary N) is 2. The van der Waals surface area contributed by atoms with E-state index in [0.29, 0.717) is 0 Å². The lowest BCUT2D eigenvalue weighted by Gasteiger charge is -2.19. The van der Waals surface area contributed by atoms with E-state index in [2.05, 4.69) is 0 Å². The number of thiocarbonyl (C=S) groups is 1. The fourth-order valence-corrected chi connectivity index (χ4v) is 1.48. The second-order valence-corrected chi connectivity index (χ2v) is 2.88. The monoisotopic (exact) mass is 156 g/mol. The Hall–Kier alpha value is -0.610. The Morgan fingerprint density at radius 2 is 2.00 bits per heavy atom. The van der Waals surface area contributed by atoms with Gasteiger partial charge in [-0.25, -0.2) is 4.48 Å². The van der Waals surface area contributed by atoms with Crippen molar-refractivity contribution in [3.05, 3.63) is 0 Å². The second kappa shape index (κ2) is 2.56. The van der Waals surface area contributed by atoms with Crippen LogP contribution >= 0.6 is 12.2 Å². The third kappa shape index (κ3) is 0.892. The summed E-state index contributed by atoms with van der Waals surface area (Å²) in [4.78, 5) is 0.796. The van der Waals surface area contributed by atoms with Crippen LogP contribution in [0.15, 0.2) is 0 Å². The van der Waals surface area contributed by atoms with Gasteiger partial charge in [-0.2, -0.15) is 0 Å². The number of nitrogens with zero attached hydrogens (tertiary/aromatic N) is 1. The van der Waals surface area contributed by atoms with E-state index in [-0.39, 0.29) is 4.48 Å². The van der Waals surface area contributed by atoms with Gasteiger partial charge in [0.05, 0.1) is 6.54 Å². The summed E-state index contributed by atoms with van der Waals surface area (Å²) >= 11 is 5.02. The molecule has 1 saturated heterocycles. The largest absolute Gasteiger partial charge is 0.257 e. The molecule has 10 heavy (non-hydrogen) atoms. The minimum Gasteiger partial charge on any atom is -0.257 e. The Bertz CT molecular complexity index is 179. The van der Waals surface area contributed by atoms with Crippen molar-refractivity contribution in [1.29, 1.82) is 10.8 Å². The van der Waals surface area contributed by atoms with E-state index in [1.807, 2.05) is 0 Å². The van der Waals surface area contributed by atoms with Gasteiger partial charge in [0.15, 0.2) is 17.7 Å². The molecule has 0 radical (unpaired) electrons. The first-order valence-electron chi connectivity index (χ1n) is 3.19. The molecule has 54 valence electrons. The van der Waals surface area contributed by atoms with E-state index in [1.165, 1.54) is 12.7 Å². The number of hydrogen-bond acceptors (Lipinski definition) is 3. The molecular weight excluding hydrogens is 146 g/mol. The van der Waals surface area contributed by atoms with Gasteiger partial charge >= 0.3 is 0 Å². The van der Waals surface area contributed by atoms with Crippen molar-refractivity contribution in [2.24, 2.45) is 0 Å². The Balaban J connectivity index is 2.91. The van der Waals surface area contributed by atoms with Crippen LogP contribution in [-0.4, -0.2) is 28.7 Å². The quantitative estimate of drug-likeness (QED) is 0.268. The van der Waals surface area contributed by atoms with Crippen molar-refractivity contribution in [2.45, 2.75) is 12.8 Å². The summed E-state index contributed by atoms with van der Waals surface area (Å²) in [7, 11) is 0. The summed E-state index contributed by atoms with van der Waals surface area (Å²) in [6, 6.07) is 0. The van der Waals surface area contributed by atoms with Crippen LogP contribution in [0, 0.1) is 10.8 Å². The lowest BCUT2D eigenvalue weighted by atomic mass is 10.4. The Morgan fingerprint density at radius 1 is 1.40 bits per heavy atom. The molecule has 0 saturated carbocycles. The molecule has 1 fully saturated rings. The molecule has 0 atom stereocenters. The van der Waals surface area contributed by atoms with E-state index < -0.39 is 0 Å². The molecule has 0 amide bonds. The molecule has 1 aliphatic rings. The maximum Gasteiger partial charge on any atom is 0.194 e. The highest BCUT2D eigenvalue weighted by molar-refractivity contribution is 7.80. The van der Waals surface area contributed by atoms with Crippen molar-refractivity contribution in [3.8, 4) is 0 Å². The van der Waals surface area contributed by atoms with Gasteiger partial charge in [-0.1, -0.05) is 0 Å². The number of likely N-dealkylation sites (tertiary alicyclic amines) is 1. The van der Waals surface area contributed by atoms with Crippen LogP contribution in [-0.2, 0) is 0 Å². The molecule has 4 heteroatoms. The smallest absolute Gasteiger partial charge is 0.194 e. The number of rotatable bonds is 2. The zero-order valence-electron chi connectivity index (χ0n) is 5.63. The van der Waals surface area contributed by atoms with Crippen LogP contribution < -0.4 is 0 Å². The second-order valence-electron chi connectivity index (χ2n) is 2.41. The summed E-state index contributed by atoms with van der Waals surface area (Å²) in [5.74, 6) is 0. The van der Waals surface area contributed by atoms with Crippen molar-refractivity contribution in [3.63, 3.8) is 0 Å². The number of quaternary nitrogens is 1. The van der Waals surface area contributed by atoms with Crippen molar-refractivity contribution >= 4 is 29.9 Å². The molecule has 0 unspecified atom stereocenters. The highest BCUT2D eigenvalue weighted by Crippen LogP contribution is 2.17. The van der Waals surface area contributed by atoms with Crippen molar-refractivity contribution < 1.29 is 4.48 Å². The van der Waals surface area contributed by atoms with Crippen LogP contribution in [0.2, 0.25) is 0 Å². The first-order chi connectivity index (χ1) is 4.75. The summed E-state index contributed by atoms with van der Waals surface area (Å²) in [6.45, 7) is 0.797. The van der Waals surface area contributed by atoms with Gasteiger partial charge < -0.3 is 0 Å². The molecule has 3 nitrogen and oxygen atoms in total. The number of hydrogen-bond donors (Lipinski definition) is 2. The Kier molecular flexibility index (Phi) is 1.92. The van der Waals surface area contributed by atoms with E-state index >= 15 is 0 Å². The predicted molar refractivity (Wildman–Crippen MR) is 44.5 cm³/mol. The topological polar surface area (TPSA) is 47.7 Å². The standard InChI is InChI=1S/C6H10N3S/c7-4-9(5-8)3-1-2-6(9)10/h4-5,7-8H,1-3H2/q+1. The van der Waals surface area contributed by atoms with Gasteiger partial charge in [0.2, 0.25) is 0 Å². The molecule has 0 aromatic heterocycles. The molecule has 1 aliphatic heterocycles. The highest BCUT2D eigenvalue weighted by atomic mass is 32.1. The van der Waals surface area contributed by atoms with Crippen molar-refractivity contribution in [2.75, 3.05) is 6.54 Å².